The molecular formula is C16H20BF2N3O4S. The minimum Gasteiger partial charge on any atom is -0.444 e. The molecule has 0 spiro atoms. The number of nitrogens with one attached hydrogen (secondary N) is 1. The van der Waals surface area contributed by atoms with Crippen LogP contribution in [0.2, 0.25) is 0 Å². The first-order valence-electron chi connectivity index (χ1n) is 8.05. The molecule has 1 aromatic carbocycles. The number of rotatable bonds is 5. The van der Waals surface area contributed by atoms with Crippen LogP contribution < -0.4 is 10.8 Å². The standard InChI is InChI=1S/C16H20BF2N3O4S/c1-9-21-22-13(27-9)11-6-5-10(17(24)25)7-12(11)16(18,19)8-20-14(23)26-15(2,3)4/h5-7,24-25H,8H2,1-4H3,(H,20,23). The van der Waals surface area contributed by atoms with Gasteiger partial charge in [0.05, 0.1) is 6.54 Å². The second kappa shape index (κ2) is 7.87. The molecule has 1 heterocycles. The number of hydrogen-bond donors (Lipinski definition) is 3. The van der Waals surface area contributed by atoms with Gasteiger partial charge in [0, 0.05) is 11.1 Å². The minimum absolute atomic E-state index is 0.0981. The molecule has 0 aliphatic rings. The number of benzene rings is 1. The van der Waals surface area contributed by atoms with Crippen LogP contribution in [-0.2, 0) is 10.7 Å². The van der Waals surface area contributed by atoms with Crippen molar-refractivity contribution in [2.75, 3.05) is 6.54 Å². The topological polar surface area (TPSA) is 105 Å². The largest absolute Gasteiger partial charge is 0.488 e. The van der Waals surface area contributed by atoms with Crippen molar-refractivity contribution < 1.29 is 28.4 Å². The van der Waals surface area contributed by atoms with Crippen molar-refractivity contribution in [3.63, 3.8) is 0 Å². The van der Waals surface area contributed by atoms with Crippen LogP contribution >= 0.6 is 11.3 Å². The van der Waals surface area contributed by atoms with Crippen molar-refractivity contribution in [3.8, 4) is 10.6 Å². The molecule has 27 heavy (non-hydrogen) atoms. The summed E-state index contributed by atoms with van der Waals surface area (Å²) in [6.45, 7) is 5.51. The summed E-state index contributed by atoms with van der Waals surface area (Å²) in [5, 5.41) is 29.2. The number of amides is 1. The van der Waals surface area contributed by atoms with E-state index in [2.05, 4.69) is 10.2 Å². The molecule has 2 aromatic rings. The van der Waals surface area contributed by atoms with Crippen LogP contribution in [0.5, 0.6) is 0 Å². The molecule has 2 rings (SSSR count). The van der Waals surface area contributed by atoms with Crippen LogP contribution in [-0.4, -0.2) is 45.6 Å². The fourth-order valence-electron chi connectivity index (χ4n) is 2.21. The Morgan fingerprint density at radius 3 is 2.48 bits per heavy atom. The van der Waals surface area contributed by atoms with E-state index < -0.39 is 36.8 Å². The molecule has 11 heteroatoms. The molecule has 0 saturated heterocycles. The van der Waals surface area contributed by atoms with Crippen molar-refractivity contribution in [1.82, 2.24) is 15.5 Å². The lowest BCUT2D eigenvalue weighted by Gasteiger charge is -2.23. The highest BCUT2D eigenvalue weighted by Gasteiger charge is 2.37. The van der Waals surface area contributed by atoms with E-state index in [0.29, 0.717) is 5.01 Å². The highest BCUT2D eigenvalue weighted by atomic mass is 32.1. The minimum atomic E-state index is -3.52. The highest BCUT2D eigenvalue weighted by Crippen LogP contribution is 2.36. The molecule has 1 aromatic heterocycles. The van der Waals surface area contributed by atoms with E-state index in [4.69, 9.17) is 4.74 Å². The fraction of sp³-hybridized carbons (Fsp3) is 0.438. The third-order valence-corrected chi connectivity index (χ3v) is 4.22. The van der Waals surface area contributed by atoms with Gasteiger partial charge < -0.3 is 20.1 Å². The van der Waals surface area contributed by atoms with Crippen molar-refractivity contribution in [2.24, 2.45) is 0 Å². The first-order valence-corrected chi connectivity index (χ1v) is 8.86. The van der Waals surface area contributed by atoms with Gasteiger partial charge in [-0.3, -0.25) is 0 Å². The number of aryl methyl sites for hydroxylation is 1. The Morgan fingerprint density at radius 2 is 1.96 bits per heavy atom. The van der Waals surface area contributed by atoms with Gasteiger partial charge in [-0.25, -0.2) is 4.79 Å². The lowest BCUT2D eigenvalue weighted by molar-refractivity contribution is -0.00857. The maximum Gasteiger partial charge on any atom is 0.488 e. The molecule has 0 bridgehead atoms. The van der Waals surface area contributed by atoms with Gasteiger partial charge in [0.1, 0.15) is 15.6 Å². The third-order valence-electron chi connectivity index (χ3n) is 3.35. The fourth-order valence-corrected chi connectivity index (χ4v) is 2.94. The zero-order valence-electron chi connectivity index (χ0n) is 15.3. The Labute approximate surface area is 159 Å². The summed E-state index contributed by atoms with van der Waals surface area (Å²) in [5.74, 6) is -3.52. The quantitative estimate of drug-likeness (QED) is 0.663. The van der Waals surface area contributed by atoms with Crippen LogP contribution in [0.25, 0.3) is 10.6 Å². The lowest BCUT2D eigenvalue weighted by Crippen LogP contribution is -2.39. The summed E-state index contributed by atoms with van der Waals surface area (Å²) < 4.78 is 34.7. The number of alkyl carbamates (subject to hydrolysis) is 1. The molecule has 146 valence electrons. The predicted octanol–water partition coefficient (Wildman–Crippen LogP) is 1.81. The Balaban J connectivity index is 2.35. The Kier molecular flexibility index (Phi) is 6.18. The van der Waals surface area contributed by atoms with Crippen LogP contribution in [0.4, 0.5) is 13.6 Å². The molecule has 0 unspecified atom stereocenters. The zero-order valence-corrected chi connectivity index (χ0v) is 16.1. The van der Waals surface area contributed by atoms with Gasteiger partial charge in [-0.2, -0.15) is 8.78 Å². The van der Waals surface area contributed by atoms with Gasteiger partial charge in [0.2, 0.25) is 0 Å². The monoisotopic (exact) mass is 399 g/mol. The van der Waals surface area contributed by atoms with Crippen molar-refractivity contribution in [3.05, 3.63) is 28.8 Å². The molecule has 0 atom stereocenters. The smallest absolute Gasteiger partial charge is 0.444 e. The van der Waals surface area contributed by atoms with Gasteiger partial charge in [-0.15, -0.1) is 10.2 Å². The van der Waals surface area contributed by atoms with Crippen molar-refractivity contribution >= 4 is 30.0 Å². The number of ether oxygens (including phenoxy) is 1. The van der Waals surface area contributed by atoms with Crippen LogP contribution in [0.15, 0.2) is 18.2 Å². The SMILES string of the molecule is Cc1nnc(-c2ccc(B(O)O)cc2C(F)(F)CNC(=O)OC(C)(C)C)s1. The summed E-state index contributed by atoms with van der Waals surface area (Å²) in [6, 6.07) is 3.62. The van der Waals surface area contributed by atoms with E-state index >= 15 is 0 Å². The molecule has 7 nitrogen and oxygen atoms in total. The number of alkyl halides is 2. The van der Waals surface area contributed by atoms with Crippen LogP contribution in [0.3, 0.4) is 0 Å². The normalized spacial score (nSPS) is 12.0. The second-order valence-electron chi connectivity index (χ2n) is 6.86. The van der Waals surface area contributed by atoms with Gasteiger partial charge in [0.15, 0.2) is 0 Å². The Hall–Kier alpha value is -2.11. The van der Waals surface area contributed by atoms with Gasteiger partial charge in [-0.05, 0) is 33.2 Å². The van der Waals surface area contributed by atoms with E-state index in [1.807, 2.05) is 5.32 Å². The highest BCUT2D eigenvalue weighted by molar-refractivity contribution is 7.14. The van der Waals surface area contributed by atoms with E-state index in [0.717, 1.165) is 17.4 Å². The summed E-state index contributed by atoms with van der Waals surface area (Å²) in [5.41, 5.74) is -1.33. The van der Waals surface area contributed by atoms with Gasteiger partial charge >= 0.3 is 13.2 Å². The molecule has 1 amide bonds. The van der Waals surface area contributed by atoms with Gasteiger partial charge in [0.25, 0.3) is 5.92 Å². The average Bonchev–Trinajstić information content (AvgIpc) is 2.97. The first kappa shape index (κ1) is 21.2. The number of nitrogens with zero attached hydrogens (tertiary/aromatic N) is 2. The summed E-state index contributed by atoms with van der Waals surface area (Å²) in [6.07, 6.45) is -0.978. The first-order chi connectivity index (χ1) is 12.4. The van der Waals surface area contributed by atoms with Crippen LogP contribution in [0, 0.1) is 6.92 Å². The lowest BCUT2D eigenvalue weighted by atomic mass is 9.78. The predicted molar refractivity (Wildman–Crippen MR) is 98.0 cm³/mol. The Bertz CT molecular complexity index is 824. The number of aromatic nitrogens is 2. The number of carbonyl (C=O) groups is 1. The summed E-state index contributed by atoms with van der Waals surface area (Å²) in [7, 11) is -1.91. The summed E-state index contributed by atoms with van der Waals surface area (Å²) >= 11 is 1.13. The third kappa shape index (κ3) is 5.68. The maximum atomic E-state index is 14.9. The van der Waals surface area contributed by atoms with E-state index in [-0.39, 0.29) is 16.0 Å². The average molecular weight is 399 g/mol. The van der Waals surface area contributed by atoms with Crippen molar-refractivity contribution in [1.29, 1.82) is 0 Å². The number of halogens is 2. The second-order valence-corrected chi connectivity index (χ2v) is 8.05. The molecule has 0 fully saturated rings. The maximum absolute atomic E-state index is 14.9. The van der Waals surface area contributed by atoms with Crippen LogP contribution in [0.1, 0.15) is 31.3 Å². The molecule has 0 aliphatic heterocycles. The molecule has 0 saturated carbocycles. The molecule has 0 aliphatic carbocycles. The van der Waals surface area contributed by atoms with E-state index in [1.54, 1.807) is 27.7 Å². The summed E-state index contributed by atoms with van der Waals surface area (Å²) in [4.78, 5) is 11.7. The molecule has 0 radical (unpaired) electrons. The van der Waals surface area contributed by atoms with E-state index in [9.17, 15) is 23.6 Å². The van der Waals surface area contributed by atoms with E-state index in [1.165, 1.54) is 12.1 Å². The molecular weight excluding hydrogens is 379 g/mol. The van der Waals surface area contributed by atoms with Gasteiger partial charge in [-0.1, -0.05) is 29.5 Å². The molecule has 3 N–H and O–H groups in total. The Morgan fingerprint density at radius 1 is 1.30 bits per heavy atom. The number of carbonyl (C=O) groups excluding carboxylic acids is 1. The zero-order chi connectivity index (χ0) is 20.4. The van der Waals surface area contributed by atoms with Crippen molar-refractivity contribution in [2.45, 2.75) is 39.2 Å². The number of hydrogen-bond acceptors (Lipinski definition) is 7.